The first-order chi connectivity index (χ1) is 20.1. The van der Waals surface area contributed by atoms with Crippen LogP contribution in [0.3, 0.4) is 0 Å². The average molecular weight is 676 g/mol. The van der Waals surface area contributed by atoms with E-state index in [0.29, 0.717) is 23.4 Å². The van der Waals surface area contributed by atoms with Crippen molar-refractivity contribution in [1.29, 1.82) is 0 Å². The first kappa shape index (κ1) is 29.4. The van der Waals surface area contributed by atoms with Gasteiger partial charge in [-0.25, -0.2) is 0 Å². The van der Waals surface area contributed by atoms with Crippen LogP contribution >= 0.6 is 39.1 Å². The van der Waals surface area contributed by atoms with E-state index in [2.05, 4.69) is 15.9 Å². The van der Waals surface area contributed by atoms with Crippen LogP contribution in [0.4, 0.5) is 5.69 Å². The molecule has 1 N–H and O–H groups in total. The molecular weight excluding hydrogens is 647 g/mol. The zero-order chi connectivity index (χ0) is 30.0. The quantitative estimate of drug-likeness (QED) is 0.200. The molecule has 11 heteroatoms. The number of anilines is 1. The highest BCUT2D eigenvalue weighted by atomic mass is 79.9. The number of benzene rings is 2. The van der Waals surface area contributed by atoms with Gasteiger partial charge < -0.3 is 9.84 Å². The number of aliphatic hydroxyl groups is 1. The van der Waals surface area contributed by atoms with Gasteiger partial charge in [0.15, 0.2) is 9.75 Å². The van der Waals surface area contributed by atoms with Crippen LogP contribution in [-0.4, -0.2) is 62.1 Å². The van der Waals surface area contributed by atoms with Crippen LogP contribution in [0.25, 0.3) is 0 Å². The fourth-order valence-electron chi connectivity index (χ4n) is 7.18. The summed E-state index contributed by atoms with van der Waals surface area (Å²) in [6.45, 7) is 2.00. The van der Waals surface area contributed by atoms with Gasteiger partial charge in [-0.1, -0.05) is 58.8 Å². The molecular formula is C31H29BrCl2N2O6. The number of hydrogen-bond acceptors (Lipinski definition) is 6. The van der Waals surface area contributed by atoms with E-state index in [9.17, 15) is 19.2 Å². The molecule has 6 rings (SSSR count). The highest BCUT2D eigenvalue weighted by Crippen LogP contribution is 2.65. The topological polar surface area (TPSA) is 104 Å². The van der Waals surface area contributed by atoms with E-state index in [1.165, 1.54) is 4.90 Å². The van der Waals surface area contributed by atoms with Crippen molar-refractivity contribution in [2.45, 2.75) is 41.9 Å². The van der Waals surface area contributed by atoms with Crippen molar-refractivity contribution in [3.05, 3.63) is 71.3 Å². The summed E-state index contributed by atoms with van der Waals surface area (Å²) >= 11 is 17.8. The minimum absolute atomic E-state index is 0.0606. The normalized spacial score (nSPS) is 32.1. The number of aryl methyl sites for hydroxylation is 1. The maximum Gasteiger partial charge on any atom is 0.254 e. The van der Waals surface area contributed by atoms with Gasteiger partial charge >= 0.3 is 0 Å². The zero-order valence-electron chi connectivity index (χ0n) is 22.8. The van der Waals surface area contributed by atoms with Crippen molar-refractivity contribution in [2.24, 2.45) is 17.8 Å². The van der Waals surface area contributed by atoms with E-state index in [0.717, 1.165) is 22.5 Å². The number of imide groups is 2. The average Bonchev–Trinajstić information content (AvgIpc) is 3.34. The third-order valence-corrected chi connectivity index (χ3v) is 11.1. The molecule has 2 aromatic carbocycles. The van der Waals surface area contributed by atoms with E-state index in [1.54, 1.807) is 36.4 Å². The third kappa shape index (κ3) is 4.03. The number of aliphatic hydroxyl groups excluding tert-OH is 1. The van der Waals surface area contributed by atoms with Crippen molar-refractivity contribution < 1.29 is 29.0 Å². The Morgan fingerprint density at radius 1 is 0.976 bits per heavy atom. The predicted octanol–water partition coefficient (Wildman–Crippen LogP) is 4.54. The Kier molecular flexibility index (Phi) is 7.53. The van der Waals surface area contributed by atoms with E-state index in [1.807, 2.05) is 25.1 Å². The second-order valence-electron chi connectivity index (χ2n) is 11.2. The van der Waals surface area contributed by atoms with E-state index < -0.39 is 45.2 Å². The van der Waals surface area contributed by atoms with Gasteiger partial charge in [0.2, 0.25) is 11.8 Å². The lowest BCUT2D eigenvalue weighted by Crippen LogP contribution is -2.60. The van der Waals surface area contributed by atoms with Crippen molar-refractivity contribution in [1.82, 2.24) is 4.90 Å². The molecule has 4 amide bonds. The molecule has 220 valence electrons. The number of halogens is 3. The number of fused-ring (bicyclic) bond motifs is 4. The summed E-state index contributed by atoms with van der Waals surface area (Å²) < 4.78 is 5.51. The predicted molar refractivity (Wildman–Crippen MR) is 161 cm³/mol. The number of ether oxygens (including phenoxy) is 1. The number of alkyl halides is 3. The van der Waals surface area contributed by atoms with Crippen molar-refractivity contribution in [3.63, 3.8) is 0 Å². The summed E-state index contributed by atoms with van der Waals surface area (Å²) in [6, 6.07) is 14.3. The number of carbonyl (C=O) groups is 4. The first-order valence-corrected chi connectivity index (χ1v) is 15.8. The Balaban J connectivity index is 1.45. The second-order valence-corrected chi connectivity index (χ2v) is 12.9. The lowest BCUT2D eigenvalue weighted by Gasteiger charge is -2.50. The van der Waals surface area contributed by atoms with Crippen LogP contribution in [0.1, 0.15) is 36.8 Å². The van der Waals surface area contributed by atoms with Gasteiger partial charge in [0.1, 0.15) is 12.4 Å². The standard InChI is InChI=1S/C31H29BrCl2N2O6/c1-2-17-3-7-19(8-4-17)36-26(38)22-12-11-21-23(24(22)27(36)39)15-30(33)28(40)35(16-32)29(41)31(30,34)25(21)18-5-9-20(10-6-18)42-14-13-37/h3-11,22-25,37H,2,12-16H2,1H3/t22-,23+,24-,25-,30+,31-/m0/s1. The largest absolute Gasteiger partial charge is 0.491 e. The molecule has 0 bridgehead atoms. The number of likely N-dealkylation sites (tertiary alicyclic amines) is 1. The van der Waals surface area contributed by atoms with Gasteiger partial charge in [0.25, 0.3) is 11.8 Å². The SMILES string of the molecule is CCc1ccc(N2C(=O)[C@H]3[C@H](CC=C4[C@H]3C[C@@]3(Cl)C(=O)N(CBr)C(=O)[C@@]3(Cl)[C@H]4c3ccc(OCCO)cc3)C2=O)cc1. The Hall–Kier alpha value is -2.72. The molecule has 8 nitrogen and oxygen atoms in total. The molecule has 2 aliphatic heterocycles. The Labute approximate surface area is 261 Å². The molecule has 42 heavy (non-hydrogen) atoms. The highest BCUT2D eigenvalue weighted by Gasteiger charge is 2.76. The van der Waals surface area contributed by atoms with Crippen molar-refractivity contribution >= 4 is 68.4 Å². The number of carbonyl (C=O) groups excluding carboxylic acids is 4. The van der Waals surface area contributed by atoms with Gasteiger partial charge in [0, 0.05) is 5.92 Å². The molecule has 4 aliphatic rings. The summed E-state index contributed by atoms with van der Waals surface area (Å²) in [6.07, 6.45) is 2.98. The molecule has 0 aromatic heterocycles. The monoisotopic (exact) mass is 674 g/mol. The number of nitrogens with zero attached hydrogens (tertiary/aromatic N) is 2. The number of hydrogen-bond donors (Lipinski definition) is 1. The molecule has 2 aliphatic carbocycles. The minimum atomic E-state index is -1.86. The van der Waals surface area contributed by atoms with Crippen LogP contribution in [-0.2, 0) is 25.6 Å². The Bertz CT molecular complexity index is 1500. The fourth-order valence-corrected chi connectivity index (χ4v) is 8.61. The van der Waals surface area contributed by atoms with Gasteiger partial charge in [-0.15, -0.1) is 23.2 Å². The van der Waals surface area contributed by atoms with E-state index in [-0.39, 0.29) is 36.9 Å². The van der Waals surface area contributed by atoms with E-state index >= 15 is 0 Å². The summed E-state index contributed by atoms with van der Waals surface area (Å²) in [7, 11) is 0. The number of rotatable bonds is 7. The lowest BCUT2D eigenvalue weighted by atomic mass is 9.56. The van der Waals surface area contributed by atoms with Gasteiger partial charge in [-0.05, 0) is 60.6 Å². The van der Waals surface area contributed by atoms with Crippen molar-refractivity contribution in [3.8, 4) is 5.75 Å². The lowest BCUT2D eigenvalue weighted by molar-refractivity contribution is -0.138. The maximum absolute atomic E-state index is 14.1. The molecule has 2 saturated heterocycles. The molecule has 3 fully saturated rings. The molecule has 1 saturated carbocycles. The molecule has 2 heterocycles. The Morgan fingerprint density at radius 3 is 2.29 bits per heavy atom. The molecule has 0 spiro atoms. The summed E-state index contributed by atoms with van der Waals surface area (Å²) in [4.78, 5) is 53.9. The third-order valence-electron chi connectivity index (χ3n) is 9.19. The molecule has 0 radical (unpaired) electrons. The van der Waals surface area contributed by atoms with E-state index in [4.69, 9.17) is 33.0 Å². The van der Waals surface area contributed by atoms with Crippen molar-refractivity contribution in [2.75, 3.05) is 23.6 Å². The highest BCUT2D eigenvalue weighted by molar-refractivity contribution is 9.09. The molecule has 2 aromatic rings. The summed E-state index contributed by atoms with van der Waals surface area (Å²) in [5.74, 6) is -4.16. The van der Waals surface area contributed by atoms with Crippen LogP contribution in [0, 0.1) is 17.8 Å². The molecule has 6 atom stereocenters. The molecule has 0 unspecified atom stereocenters. The summed E-state index contributed by atoms with van der Waals surface area (Å²) in [5.41, 5.74) is 2.87. The van der Waals surface area contributed by atoms with Gasteiger partial charge in [-0.2, -0.15) is 0 Å². The van der Waals surface area contributed by atoms with Crippen LogP contribution in [0.2, 0.25) is 0 Å². The zero-order valence-corrected chi connectivity index (χ0v) is 25.9. The first-order valence-electron chi connectivity index (χ1n) is 13.9. The number of amides is 4. The summed E-state index contributed by atoms with van der Waals surface area (Å²) in [5, 5.41) is 9.12. The Morgan fingerprint density at radius 2 is 1.67 bits per heavy atom. The van der Waals surface area contributed by atoms with Gasteiger partial charge in [0.05, 0.1) is 29.6 Å². The van der Waals surface area contributed by atoms with Crippen LogP contribution in [0.5, 0.6) is 5.75 Å². The van der Waals surface area contributed by atoms with Crippen LogP contribution < -0.4 is 9.64 Å². The second kappa shape index (κ2) is 10.8. The maximum atomic E-state index is 14.1. The van der Waals surface area contributed by atoms with Gasteiger partial charge in [-0.3, -0.25) is 29.0 Å². The fraction of sp³-hybridized carbons (Fsp3) is 0.419. The number of allylic oxidation sites excluding steroid dienone is 2. The van der Waals surface area contributed by atoms with Crippen LogP contribution in [0.15, 0.2) is 60.2 Å². The minimum Gasteiger partial charge on any atom is -0.491 e. The smallest absolute Gasteiger partial charge is 0.254 e.